The van der Waals surface area contributed by atoms with Gasteiger partial charge in [-0.1, -0.05) is 13.8 Å². The van der Waals surface area contributed by atoms with Crippen molar-refractivity contribution in [3.8, 4) is 0 Å². The van der Waals surface area contributed by atoms with Gasteiger partial charge in [0.05, 0.1) is 0 Å². The van der Waals surface area contributed by atoms with Gasteiger partial charge in [-0.3, -0.25) is 0 Å². The highest BCUT2D eigenvalue weighted by molar-refractivity contribution is 5.73. The molecule has 10 heavy (non-hydrogen) atoms. The van der Waals surface area contributed by atoms with Gasteiger partial charge in [-0.05, 0) is 0 Å². The normalized spacial score (nSPS) is 8.50. The largest absolute Gasteiger partial charge is 0.490 e. The summed E-state index contributed by atoms with van der Waals surface area (Å²) in [5, 5.41) is 7.12. The first-order valence-electron chi connectivity index (χ1n) is 2.24. The van der Waals surface area contributed by atoms with Gasteiger partial charge < -0.3 is 11.3 Å². The van der Waals surface area contributed by atoms with E-state index in [1.54, 1.807) is 0 Å². The molecule has 0 fully saturated rings. The highest BCUT2D eigenvalue weighted by atomic mass is 19.4. The second kappa shape index (κ2) is 6.34. The number of alkyl halides is 3. The molecule has 0 bridgehead atoms. The summed E-state index contributed by atoms with van der Waals surface area (Å²) in [6.45, 7) is 4.00. The summed E-state index contributed by atoms with van der Waals surface area (Å²) < 4.78 is 31.7. The van der Waals surface area contributed by atoms with Gasteiger partial charge in [0.25, 0.3) is 0 Å². The lowest BCUT2D eigenvalue weighted by atomic mass is 10.7. The van der Waals surface area contributed by atoms with E-state index < -0.39 is 12.1 Å². The van der Waals surface area contributed by atoms with Crippen molar-refractivity contribution < 1.29 is 23.1 Å². The summed E-state index contributed by atoms with van der Waals surface area (Å²) in [5.74, 6) is -2.76. The Morgan fingerprint density at radius 2 is 1.40 bits per heavy atom. The third-order valence-electron chi connectivity index (χ3n) is 0.243. The molecule has 0 aromatic rings. The van der Waals surface area contributed by atoms with Gasteiger partial charge in [-0.15, -0.1) is 0 Å². The number of rotatable bonds is 0. The molecule has 0 aliphatic carbocycles. The predicted molar refractivity (Wildman–Crippen MR) is 30.1 cm³/mol. The molecule has 3 nitrogen and oxygen atoms in total. The lowest BCUT2D eigenvalue weighted by molar-refractivity contribution is -0.192. The minimum Gasteiger partial charge on any atom is -0.475 e. The summed E-state index contributed by atoms with van der Waals surface area (Å²) in [6, 6.07) is 0. The predicted octanol–water partition coefficient (Wildman–Crippen LogP) is 1.82. The van der Waals surface area contributed by atoms with E-state index in [9.17, 15) is 13.2 Å². The van der Waals surface area contributed by atoms with Crippen LogP contribution in [0.25, 0.3) is 0 Å². The Labute approximate surface area is 56.4 Å². The number of halogens is 3. The van der Waals surface area contributed by atoms with E-state index in [2.05, 4.69) is 0 Å². The molecule has 0 radical (unpaired) electrons. The van der Waals surface area contributed by atoms with E-state index in [0.29, 0.717) is 0 Å². The first-order chi connectivity index (χ1) is 3.94. The molecule has 0 aromatic heterocycles. The maximum Gasteiger partial charge on any atom is 0.490 e. The zero-order chi connectivity index (χ0) is 8.08. The minimum absolute atomic E-state index is 0. The van der Waals surface area contributed by atoms with Gasteiger partial charge in [0, 0.05) is 0 Å². The Hall–Kier alpha value is -0.780. The quantitative estimate of drug-likeness (QED) is 0.569. The van der Waals surface area contributed by atoms with E-state index in [4.69, 9.17) is 9.90 Å². The molecule has 0 spiro atoms. The molecule has 0 heterocycles. The topological polar surface area (TPSA) is 72.3 Å². The first-order valence-corrected chi connectivity index (χ1v) is 2.24. The van der Waals surface area contributed by atoms with Crippen LogP contribution in [0.15, 0.2) is 0 Å². The van der Waals surface area contributed by atoms with E-state index in [0.717, 1.165) is 0 Å². The highest BCUT2D eigenvalue weighted by Gasteiger charge is 2.38. The Morgan fingerprint density at radius 3 is 1.40 bits per heavy atom. The van der Waals surface area contributed by atoms with Gasteiger partial charge in [0.15, 0.2) is 0 Å². The van der Waals surface area contributed by atoms with Crippen LogP contribution in [0.4, 0.5) is 13.2 Å². The molecule has 64 valence electrons. The van der Waals surface area contributed by atoms with Crippen molar-refractivity contribution in [3.05, 3.63) is 0 Å². The zero-order valence-corrected chi connectivity index (χ0v) is 5.70. The summed E-state index contributed by atoms with van der Waals surface area (Å²) in [7, 11) is 0. The molecule has 0 aliphatic rings. The molecule has 0 aromatic carbocycles. The van der Waals surface area contributed by atoms with Crippen LogP contribution in [0.3, 0.4) is 0 Å². The maximum absolute atomic E-state index is 10.6. The monoisotopic (exact) mass is 161 g/mol. The smallest absolute Gasteiger partial charge is 0.475 e. The van der Waals surface area contributed by atoms with Gasteiger partial charge in [-0.25, -0.2) is 4.79 Å². The van der Waals surface area contributed by atoms with Crippen molar-refractivity contribution >= 4 is 5.97 Å². The minimum atomic E-state index is -5.08. The Morgan fingerprint density at radius 1 is 1.30 bits per heavy atom. The lowest BCUT2D eigenvalue weighted by Crippen LogP contribution is -2.21. The molecular formula is C4H10F3NO2. The third kappa shape index (κ3) is 10.3. The molecule has 0 atom stereocenters. The van der Waals surface area contributed by atoms with Gasteiger partial charge in [0.1, 0.15) is 0 Å². The van der Waals surface area contributed by atoms with Gasteiger partial charge in [-0.2, -0.15) is 13.2 Å². The van der Waals surface area contributed by atoms with Crippen molar-refractivity contribution in [1.29, 1.82) is 0 Å². The third-order valence-corrected chi connectivity index (χ3v) is 0.243. The van der Waals surface area contributed by atoms with Crippen molar-refractivity contribution in [2.45, 2.75) is 20.0 Å². The van der Waals surface area contributed by atoms with Crippen molar-refractivity contribution in [1.82, 2.24) is 6.15 Å². The maximum atomic E-state index is 10.6. The Bertz CT molecular complexity index is 91.0. The number of carboxylic acids is 1. The molecule has 0 saturated carbocycles. The van der Waals surface area contributed by atoms with Crippen LogP contribution < -0.4 is 6.15 Å². The van der Waals surface area contributed by atoms with Crippen LogP contribution in [0.5, 0.6) is 0 Å². The fourth-order valence-electron chi connectivity index (χ4n) is 0. The van der Waals surface area contributed by atoms with Gasteiger partial charge in [0.2, 0.25) is 0 Å². The molecule has 0 rings (SSSR count). The van der Waals surface area contributed by atoms with Crippen LogP contribution in [-0.4, -0.2) is 17.3 Å². The summed E-state index contributed by atoms with van der Waals surface area (Å²) in [4.78, 5) is 8.90. The van der Waals surface area contributed by atoms with Gasteiger partial charge >= 0.3 is 12.1 Å². The van der Waals surface area contributed by atoms with Crippen molar-refractivity contribution in [3.63, 3.8) is 0 Å². The summed E-state index contributed by atoms with van der Waals surface area (Å²) >= 11 is 0. The number of hydrogen-bond donors (Lipinski definition) is 2. The first kappa shape index (κ1) is 16.1. The summed E-state index contributed by atoms with van der Waals surface area (Å²) in [6.07, 6.45) is -5.08. The average molecular weight is 161 g/mol. The molecule has 0 amide bonds. The molecular weight excluding hydrogens is 151 g/mol. The van der Waals surface area contributed by atoms with Crippen LogP contribution in [0.2, 0.25) is 0 Å². The molecule has 6 heteroatoms. The van der Waals surface area contributed by atoms with E-state index >= 15 is 0 Å². The number of carbonyl (C=O) groups is 1. The fourth-order valence-corrected chi connectivity index (χ4v) is 0. The Balaban J connectivity index is -0.000000149. The van der Waals surface area contributed by atoms with E-state index in [-0.39, 0.29) is 6.15 Å². The average Bonchev–Trinajstić information content (AvgIpc) is 1.69. The van der Waals surface area contributed by atoms with E-state index in [1.807, 2.05) is 13.8 Å². The molecule has 4 N–H and O–H groups in total. The second-order valence-electron chi connectivity index (χ2n) is 0.803. The highest BCUT2D eigenvalue weighted by Crippen LogP contribution is 2.13. The lowest BCUT2D eigenvalue weighted by Gasteiger charge is -1.93. The molecule has 0 saturated heterocycles. The second-order valence-corrected chi connectivity index (χ2v) is 0.803. The van der Waals surface area contributed by atoms with Crippen LogP contribution in [-0.2, 0) is 4.79 Å². The van der Waals surface area contributed by atoms with E-state index in [1.165, 1.54) is 0 Å². The Kier molecular flexibility index (Phi) is 10.2. The zero-order valence-electron chi connectivity index (χ0n) is 5.70. The number of hydrogen-bond acceptors (Lipinski definition) is 2. The standard InChI is InChI=1S/C2HF3O2.C2H6.H3N/c3-2(4,5)1(6)7;1-2;/h(H,6,7);1-2H3;1H3. The van der Waals surface area contributed by atoms with Crippen LogP contribution in [0.1, 0.15) is 13.8 Å². The number of carboxylic acid groups (broad SMARTS) is 1. The summed E-state index contributed by atoms with van der Waals surface area (Å²) in [5.41, 5.74) is 0. The SMILES string of the molecule is CC.N.O=C(O)C(F)(F)F. The fraction of sp³-hybridized carbons (Fsp3) is 0.750. The van der Waals surface area contributed by atoms with Crippen molar-refractivity contribution in [2.75, 3.05) is 0 Å². The molecule has 0 unspecified atom stereocenters. The van der Waals surface area contributed by atoms with Crippen molar-refractivity contribution in [2.24, 2.45) is 0 Å². The van der Waals surface area contributed by atoms with Crippen LogP contribution >= 0.6 is 0 Å². The van der Waals surface area contributed by atoms with Crippen LogP contribution in [0, 0.1) is 0 Å². The molecule has 0 aliphatic heterocycles. The number of aliphatic carboxylic acids is 1.